The van der Waals surface area contributed by atoms with Crippen molar-refractivity contribution in [2.24, 2.45) is 10.8 Å². The molecule has 2 atom stereocenters. The molecule has 0 N–H and O–H groups in total. The van der Waals surface area contributed by atoms with E-state index in [1.807, 2.05) is 32.9 Å². The summed E-state index contributed by atoms with van der Waals surface area (Å²) in [5.41, 5.74) is 0.221. The maximum Gasteiger partial charge on any atom is 0.219 e. The van der Waals surface area contributed by atoms with E-state index >= 15 is 0 Å². The molecule has 1 aliphatic carbocycles. The fraction of sp³-hybridized carbons (Fsp3) is 0.562. The first-order chi connectivity index (χ1) is 9.28. The van der Waals surface area contributed by atoms with Gasteiger partial charge >= 0.3 is 0 Å². The Morgan fingerprint density at radius 2 is 2.15 bits per heavy atom. The van der Waals surface area contributed by atoms with Crippen molar-refractivity contribution < 1.29 is 9.59 Å². The van der Waals surface area contributed by atoms with Crippen LogP contribution < -0.4 is 0 Å². The van der Waals surface area contributed by atoms with E-state index < -0.39 is 10.8 Å². The Hall–Kier alpha value is -1.89. The second kappa shape index (κ2) is 4.59. The van der Waals surface area contributed by atoms with Crippen LogP contribution in [-0.2, 0) is 9.59 Å². The molecule has 4 heteroatoms. The van der Waals surface area contributed by atoms with E-state index in [1.54, 1.807) is 17.9 Å². The largest absolute Gasteiger partial charge is 0.338 e. The van der Waals surface area contributed by atoms with Crippen LogP contribution in [-0.4, -0.2) is 29.7 Å². The lowest BCUT2D eigenvalue weighted by molar-refractivity contribution is -0.130. The molecule has 0 saturated carbocycles. The minimum Gasteiger partial charge on any atom is -0.338 e. The third-order valence-electron chi connectivity index (χ3n) is 4.73. The fourth-order valence-electron chi connectivity index (χ4n) is 3.44. The summed E-state index contributed by atoms with van der Waals surface area (Å²) in [4.78, 5) is 25.9. The summed E-state index contributed by atoms with van der Waals surface area (Å²) in [5, 5.41) is 9.23. The molecule has 2 rings (SSSR count). The van der Waals surface area contributed by atoms with E-state index in [-0.39, 0.29) is 17.3 Å². The molecule has 20 heavy (non-hydrogen) atoms. The van der Waals surface area contributed by atoms with Crippen LogP contribution in [0.2, 0.25) is 0 Å². The molecule has 0 aromatic heterocycles. The van der Waals surface area contributed by atoms with Crippen LogP contribution in [0, 0.1) is 22.2 Å². The van der Waals surface area contributed by atoms with Crippen molar-refractivity contribution >= 4 is 11.7 Å². The van der Waals surface area contributed by atoms with E-state index in [4.69, 9.17) is 0 Å². The lowest BCUT2D eigenvalue weighted by Crippen LogP contribution is -2.50. The van der Waals surface area contributed by atoms with E-state index in [1.165, 1.54) is 0 Å². The summed E-state index contributed by atoms with van der Waals surface area (Å²) >= 11 is 0. The molecule has 106 valence electrons. The van der Waals surface area contributed by atoms with Crippen molar-refractivity contribution in [1.82, 2.24) is 4.90 Å². The summed E-state index contributed by atoms with van der Waals surface area (Å²) in [6.07, 6.45) is 4.40. The minimum atomic E-state index is -0.628. The molecule has 0 spiro atoms. The lowest BCUT2D eigenvalue weighted by Gasteiger charge is -2.48. The molecule has 4 nitrogen and oxygen atoms in total. The van der Waals surface area contributed by atoms with Crippen LogP contribution in [0.3, 0.4) is 0 Å². The molecule has 0 fully saturated rings. The Labute approximate surface area is 119 Å². The predicted octanol–water partition coefficient (Wildman–Crippen LogP) is 2.23. The Morgan fingerprint density at radius 3 is 2.65 bits per heavy atom. The smallest absolute Gasteiger partial charge is 0.219 e. The van der Waals surface area contributed by atoms with Crippen LogP contribution in [0.25, 0.3) is 0 Å². The Bertz CT molecular complexity index is 582. The van der Waals surface area contributed by atoms with Crippen LogP contribution in [0.15, 0.2) is 23.3 Å². The Morgan fingerprint density at radius 1 is 1.50 bits per heavy atom. The van der Waals surface area contributed by atoms with Gasteiger partial charge in [-0.3, -0.25) is 9.59 Å². The van der Waals surface area contributed by atoms with Crippen LogP contribution in [0.5, 0.6) is 0 Å². The molecule has 1 aliphatic heterocycles. The summed E-state index contributed by atoms with van der Waals surface area (Å²) in [7, 11) is 0. The Kier molecular flexibility index (Phi) is 3.33. The summed E-state index contributed by atoms with van der Waals surface area (Å²) in [6.45, 7) is 8.50. The predicted molar refractivity (Wildman–Crippen MR) is 75.5 cm³/mol. The second-order valence-corrected chi connectivity index (χ2v) is 6.12. The van der Waals surface area contributed by atoms with Crippen LogP contribution >= 0.6 is 0 Å². The zero-order chi connectivity index (χ0) is 15.1. The van der Waals surface area contributed by atoms with Crippen LogP contribution in [0.4, 0.5) is 0 Å². The SMILES string of the molecule is CC[C@@]1(C)C(=O)C(C#N)=C[C@@]2(C)CN(C(C)=O)CC=C12. The van der Waals surface area contributed by atoms with Gasteiger partial charge in [-0.15, -0.1) is 0 Å². The van der Waals surface area contributed by atoms with Gasteiger partial charge in [-0.25, -0.2) is 0 Å². The van der Waals surface area contributed by atoms with Crippen molar-refractivity contribution in [2.45, 2.75) is 34.1 Å². The molecular weight excluding hydrogens is 252 g/mol. The van der Waals surface area contributed by atoms with Gasteiger partial charge in [-0.2, -0.15) is 5.26 Å². The summed E-state index contributed by atoms with van der Waals surface area (Å²) in [5.74, 6) is -0.0777. The monoisotopic (exact) mass is 272 g/mol. The van der Waals surface area contributed by atoms with Crippen molar-refractivity contribution in [3.63, 3.8) is 0 Å². The third-order valence-corrected chi connectivity index (χ3v) is 4.73. The molecule has 0 saturated heterocycles. The van der Waals surface area contributed by atoms with Crippen LogP contribution in [0.1, 0.15) is 34.1 Å². The number of amides is 1. The van der Waals surface area contributed by atoms with Gasteiger partial charge in [0.05, 0.1) is 11.0 Å². The van der Waals surface area contributed by atoms with Gasteiger partial charge in [0.15, 0.2) is 5.78 Å². The third kappa shape index (κ3) is 1.89. The van der Waals surface area contributed by atoms with Crippen molar-refractivity contribution in [3.05, 3.63) is 23.3 Å². The minimum absolute atomic E-state index is 0.0172. The number of hydrogen-bond donors (Lipinski definition) is 0. The zero-order valence-electron chi connectivity index (χ0n) is 12.5. The normalized spacial score (nSPS) is 33.0. The molecule has 0 aromatic rings. The van der Waals surface area contributed by atoms with Gasteiger partial charge in [0.25, 0.3) is 0 Å². The summed E-state index contributed by atoms with van der Waals surface area (Å²) < 4.78 is 0. The standard InChI is InChI=1S/C16H20N2O2/c1-5-16(4)13-6-7-18(11(2)19)10-15(13,3)8-12(9-17)14(16)20/h6,8H,5,7,10H2,1-4H3/t15-,16+/m0/s1. The second-order valence-electron chi connectivity index (χ2n) is 6.12. The number of Topliss-reactive ketones (excluding diaryl/α,β-unsaturated/α-hetero) is 1. The molecule has 1 heterocycles. The number of nitrogens with zero attached hydrogens (tertiary/aromatic N) is 2. The number of allylic oxidation sites excluding steroid dienone is 1. The topological polar surface area (TPSA) is 61.2 Å². The van der Waals surface area contributed by atoms with Gasteiger partial charge in [-0.05, 0) is 18.9 Å². The average Bonchev–Trinajstić information content (AvgIpc) is 2.42. The maximum atomic E-state index is 12.5. The number of carbonyl (C=O) groups excluding carboxylic acids is 2. The number of fused-ring (bicyclic) bond motifs is 1. The zero-order valence-corrected chi connectivity index (χ0v) is 12.5. The lowest BCUT2D eigenvalue weighted by atomic mass is 9.58. The number of rotatable bonds is 1. The van der Waals surface area contributed by atoms with Gasteiger partial charge in [0.2, 0.25) is 5.91 Å². The fourth-order valence-corrected chi connectivity index (χ4v) is 3.44. The molecule has 0 aromatic carbocycles. The van der Waals surface area contributed by atoms with E-state index in [0.717, 1.165) is 5.57 Å². The quantitative estimate of drug-likeness (QED) is 0.688. The van der Waals surface area contributed by atoms with Gasteiger partial charge in [0.1, 0.15) is 6.07 Å². The first kappa shape index (κ1) is 14.5. The molecule has 2 aliphatic rings. The molecule has 1 amide bonds. The highest BCUT2D eigenvalue weighted by molar-refractivity contribution is 6.06. The van der Waals surface area contributed by atoms with E-state index in [0.29, 0.717) is 19.5 Å². The molecular formula is C16H20N2O2. The van der Waals surface area contributed by atoms with Gasteiger partial charge in [-0.1, -0.05) is 26.0 Å². The maximum absolute atomic E-state index is 12.5. The van der Waals surface area contributed by atoms with E-state index in [9.17, 15) is 14.9 Å². The Balaban J connectivity index is 2.60. The van der Waals surface area contributed by atoms with Crippen molar-refractivity contribution in [2.75, 3.05) is 13.1 Å². The average molecular weight is 272 g/mol. The first-order valence-electron chi connectivity index (χ1n) is 6.93. The molecule has 0 bridgehead atoms. The molecule has 0 unspecified atom stereocenters. The van der Waals surface area contributed by atoms with Gasteiger partial charge < -0.3 is 4.90 Å². The highest BCUT2D eigenvalue weighted by Gasteiger charge is 2.50. The number of ketones is 1. The molecule has 0 radical (unpaired) electrons. The number of nitriles is 1. The number of hydrogen-bond acceptors (Lipinski definition) is 3. The van der Waals surface area contributed by atoms with Crippen molar-refractivity contribution in [1.29, 1.82) is 5.26 Å². The van der Waals surface area contributed by atoms with Crippen molar-refractivity contribution in [3.8, 4) is 6.07 Å². The highest BCUT2D eigenvalue weighted by Crippen LogP contribution is 2.51. The van der Waals surface area contributed by atoms with Gasteiger partial charge in [0, 0.05) is 25.4 Å². The van der Waals surface area contributed by atoms with E-state index in [2.05, 4.69) is 0 Å². The summed E-state index contributed by atoms with van der Waals surface area (Å²) in [6, 6.07) is 2.03. The highest BCUT2D eigenvalue weighted by atomic mass is 16.2. The first-order valence-corrected chi connectivity index (χ1v) is 6.93. The number of carbonyl (C=O) groups is 2.